The van der Waals surface area contributed by atoms with Crippen LogP contribution in [0.4, 0.5) is 0 Å². The molecule has 0 saturated heterocycles. The van der Waals surface area contributed by atoms with Crippen molar-refractivity contribution < 1.29 is 4.79 Å². The molecule has 0 aliphatic rings. The molecule has 2 aromatic heterocycles. The van der Waals surface area contributed by atoms with Crippen LogP contribution in [0.15, 0.2) is 30.6 Å². The Morgan fingerprint density at radius 3 is 3.00 bits per heavy atom. The van der Waals surface area contributed by atoms with Crippen molar-refractivity contribution >= 4 is 17.2 Å². The summed E-state index contributed by atoms with van der Waals surface area (Å²) in [6, 6.07) is 5.70. The minimum Gasteiger partial charge on any atom is -0.289 e. The minimum atomic E-state index is -0.315. The highest BCUT2D eigenvalue weighted by atomic mass is 32.1. The van der Waals surface area contributed by atoms with E-state index in [0.29, 0.717) is 11.3 Å². The Kier molecular flexibility index (Phi) is 3.23. The number of hydrogen-bond donors (Lipinski definition) is 2. The van der Waals surface area contributed by atoms with Crippen LogP contribution in [-0.4, -0.2) is 15.9 Å². The van der Waals surface area contributed by atoms with Crippen LogP contribution in [0, 0.1) is 0 Å². The highest BCUT2D eigenvalue weighted by molar-refractivity contribution is 7.13. The Morgan fingerprint density at radius 2 is 2.31 bits per heavy atom. The number of nitrogens with one attached hydrogen (secondary N) is 1. The lowest BCUT2D eigenvalue weighted by atomic mass is 10.3. The second kappa shape index (κ2) is 4.82. The van der Waals surface area contributed by atoms with Gasteiger partial charge >= 0.3 is 0 Å². The summed E-state index contributed by atoms with van der Waals surface area (Å²) in [7, 11) is 0. The van der Waals surface area contributed by atoms with Crippen molar-refractivity contribution in [1.82, 2.24) is 15.4 Å². The molecule has 2 aromatic rings. The molecule has 0 aliphatic heterocycles. The van der Waals surface area contributed by atoms with E-state index in [1.165, 1.54) is 17.5 Å². The van der Waals surface area contributed by atoms with E-state index >= 15 is 0 Å². The van der Waals surface area contributed by atoms with Crippen LogP contribution >= 0.6 is 11.3 Å². The van der Waals surface area contributed by atoms with E-state index in [4.69, 9.17) is 5.84 Å². The third kappa shape index (κ3) is 2.41. The van der Waals surface area contributed by atoms with E-state index in [-0.39, 0.29) is 5.91 Å². The summed E-state index contributed by atoms with van der Waals surface area (Å²) in [6.07, 6.45) is 3.88. The van der Waals surface area contributed by atoms with Crippen molar-refractivity contribution in [3.8, 4) is 0 Å². The van der Waals surface area contributed by atoms with Gasteiger partial charge in [-0.25, -0.2) is 10.8 Å². The number of rotatable bonds is 3. The number of hydrogen-bond acceptors (Lipinski definition) is 5. The van der Waals surface area contributed by atoms with Crippen LogP contribution in [0.25, 0.3) is 0 Å². The van der Waals surface area contributed by atoms with Gasteiger partial charge in [-0.2, -0.15) is 0 Å². The number of thiazole rings is 1. The van der Waals surface area contributed by atoms with Crippen LogP contribution in [0.3, 0.4) is 0 Å². The molecule has 0 aliphatic carbocycles. The highest BCUT2D eigenvalue weighted by Gasteiger charge is 2.09. The van der Waals surface area contributed by atoms with Crippen LogP contribution < -0.4 is 11.3 Å². The second-order valence-corrected chi connectivity index (χ2v) is 4.20. The van der Waals surface area contributed by atoms with Crippen LogP contribution in [0.2, 0.25) is 0 Å². The summed E-state index contributed by atoms with van der Waals surface area (Å²) in [5, 5.41) is 0.845. The summed E-state index contributed by atoms with van der Waals surface area (Å²) in [4.78, 5) is 20.0. The van der Waals surface area contributed by atoms with E-state index in [1.54, 1.807) is 6.20 Å². The summed E-state index contributed by atoms with van der Waals surface area (Å²) >= 11 is 1.32. The van der Waals surface area contributed by atoms with Crippen molar-refractivity contribution in [3.05, 3.63) is 46.2 Å². The summed E-state index contributed by atoms with van der Waals surface area (Å²) in [5.74, 6) is 4.72. The van der Waals surface area contributed by atoms with Crippen molar-refractivity contribution in [2.24, 2.45) is 5.84 Å². The molecule has 5 nitrogen and oxygen atoms in total. The number of hydrazine groups is 1. The first-order valence-corrected chi connectivity index (χ1v) is 5.47. The molecule has 0 fully saturated rings. The molecule has 1 amide bonds. The van der Waals surface area contributed by atoms with Gasteiger partial charge in [0.15, 0.2) is 0 Å². The quantitative estimate of drug-likeness (QED) is 0.466. The monoisotopic (exact) mass is 234 g/mol. The molecule has 2 rings (SSSR count). The molecule has 6 heteroatoms. The Hall–Kier alpha value is -1.79. The predicted molar refractivity (Wildman–Crippen MR) is 60.8 cm³/mol. The zero-order valence-electron chi connectivity index (χ0n) is 8.38. The molecule has 3 N–H and O–H groups in total. The molecule has 2 heterocycles. The van der Waals surface area contributed by atoms with E-state index in [9.17, 15) is 4.79 Å². The molecule has 82 valence electrons. The molecular weight excluding hydrogens is 224 g/mol. The fourth-order valence-corrected chi connectivity index (χ4v) is 2.06. The maximum atomic E-state index is 11.2. The number of nitrogen functional groups attached to an aromatic ring is 1. The van der Waals surface area contributed by atoms with Crippen molar-refractivity contribution in [2.75, 3.05) is 0 Å². The molecule has 0 unspecified atom stereocenters. The first kappa shape index (κ1) is 10.7. The van der Waals surface area contributed by atoms with Gasteiger partial charge in [-0.15, -0.1) is 11.3 Å². The van der Waals surface area contributed by atoms with Crippen LogP contribution in [-0.2, 0) is 6.42 Å². The average molecular weight is 234 g/mol. The number of carbonyl (C=O) groups excluding carboxylic acids is 1. The van der Waals surface area contributed by atoms with Gasteiger partial charge in [-0.3, -0.25) is 15.2 Å². The molecule has 0 bridgehead atoms. The van der Waals surface area contributed by atoms with Gasteiger partial charge in [-0.05, 0) is 12.1 Å². The van der Waals surface area contributed by atoms with Crippen molar-refractivity contribution in [3.63, 3.8) is 0 Å². The number of pyridine rings is 1. The van der Waals surface area contributed by atoms with E-state index in [0.717, 1.165) is 10.7 Å². The number of nitrogens with zero attached hydrogens (tertiary/aromatic N) is 2. The lowest BCUT2D eigenvalue weighted by Crippen LogP contribution is -2.29. The first-order chi connectivity index (χ1) is 7.79. The van der Waals surface area contributed by atoms with Gasteiger partial charge in [0.25, 0.3) is 5.91 Å². The number of carbonyl (C=O) groups is 1. The lowest BCUT2D eigenvalue weighted by molar-refractivity contribution is 0.0957. The Balaban J connectivity index is 2.12. The maximum Gasteiger partial charge on any atom is 0.276 e. The van der Waals surface area contributed by atoms with Gasteiger partial charge in [0.1, 0.15) is 4.88 Å². The highest BCUT2D eigenvalue weighted by Crippen LogP contribution is 2.15. The first-order valence-electron chi connectivity index (χ1n) is 4.65. The molecule has 0 aromatic carbocycles. The van der Waals surface area contributed by atoms with E-state index in [2.05, 4.69) is 15.4 Å². The van der Waals surface area contributed by atoms with Crippen LogP contribution in [0.1, 0.15) is 20.4 Å². The zero-order valence-corrected chi connectivity index (χ0v) is 9.20. The van der Waals surface area contributed by atoms with Gasteiger partial charge in [0, 0.05) is 18.3 Å². The molecule has 0 radical (unpaired) electrons. The number of nitrogens with two attached hydrogens (primary N) is 1. The molecular formula is C10H10N4OS. The average Bonchev–Trinajstić information content (AvgIpc) is 2.78. The predicted octanol–water partition coefficient (Wildman–Crippen LogP) is 0.732. The third-order valence-electron chi connectivity index (χ3n) is 1.97. The molecule has 16 heavy (non-hydrogen) atoms. The summed E-state index contributed by atoms with van der Waals surface area (Å²) in [6.45, 7) is 0. The van der Waals surface area contributed by atoms with Crippen LogP contribution in [0.5, 0.6) is 0 Å². The van der Waals surface area contributed by atoms with Crippen molar-refractivity contribution in [1.29, 1.82) is 0 Å². The maximum absolute atomic E-state index is 11.2. The Morgan fingerprint density at radius 1 is 1.44 bits per heavy atom. The fourth-order valence-electron chi connectivity index (χ4n) is 1.23. The van der Waals surface area contributed by atoms with E-state index < -0.39 is 0 Å². The molecule has 0 saturated carbocycles. The normalized spacial score (nSPS) is 10.1. The van der Waals surface area contributed by atoms with E-state index in [1.807, 2.05) is 18.2 Å². The largest absolute Gasteiger partial charge is 0.289 e. The summed E-state index contributed by atoms with van der Waals surface area (Å²) in [5.41, 5.74) is 3.00. The van der Waals surface area contributed by atoms with Gasteiger partial charge in [-0.1, -0.05) is 6.07 Å². The summed E-state index contributed by atoms with van der Waals surface area (Å²) < 4.78 is 0. The standard InChI is InChI=1S/C10H10N4OS/c11-14-10(15)8-6-13-9(16-8)5-7-3-1-2-4-12-7/h1-4,6H,5,11H2,(H,14,15). The van der Waals surface area contributed by atoms with Crippen molar-refractivity contribution in [2.45, 2.75) is 6.42 Å². The topological polar surface area (TPSA) is 80.9 Å². The SMILES string of the molecule is NNC(=O)c1cnc(Cc2ccccn2)s1. The second-order valence-electron chi connectivity index (χ2n) is 3.09. The fraction of sp³-hybridized carbons (Fsp3) is 0.100. The molecule has 0 spiro atoms. The van der Waals surface area contributed by atoms with Gasteiger partial charge in [0.2, 0.25) is 0 Å². The minimum absolute atomic E-state index is 0.315. The van der Waals surface area contributed by atoms with Gasteiger partial charge in [0.05, 0.1) is 11.2 Å². The Labute approximate surface area is 96.3 Å². The smallest absolute Gasteiger partial charge is 0.276 e. The lowest BCUT2D eigenvalue weighted by Gasteiger charge is -1.95. The zero-order chi connectivity index (χ0) is 11.4. The Bertz CT molecular complexity index is 483. The third-order valence-corrected chi connectivity index (χ3v) is 2.96. The number of aromatic nitrogens is 2. The number of amides is 1. The molecule has 0 atom stereocenters. The van der Waals surface area contributed by atoms with Gasteiger partial charge < -0.3 is 0 Å².